The number of anilines is 2. The number of benzene rings is 1. The summed E-state index contributed by atoms with van der Waals surface area (Å²) in [4.78, 5) is 19.4. The van der Waals surface area contributed by atoms with E-state index in [1.165, 1.54) is 0 Å². The zero-order valence-electron chi connectivity index (χ0n) is 10.6. The number of carbonyl (C=O) groups excluding carboxylic acids is 1. The first kappa shape index (κ1) is 12.8. The molecule has 98 valence electrons. The van der Waals surface area contributed by atoms with Crippen molar-refractivity contribution < 1.29 is 4.79 Å². The average molecular weight is 257 g/mol. The summed E-state index contributed by atoms with van der Waals surface area (Å²) >= 11 is 0. The zero-order chi connectivity index (χ0) is 13.8. The number of carbonyl (C=O) groups is 1. The normalized spacial score (nSPS) is 10.2. The summed E-state index contributed by atoms with van der Waals surface area (Å²) < 4.78 is 0. The quantitative estimate of drug-likeness (QED) is 0.710. The molecule has 2 aromatic rings. The topological polar surface area (TPSA) is 107 Å². The number of nitrogen functional groups attached to an aromatic ring is 1. The average Bonchev–Trinajstić information content (AvgIpc) is 2.37. The molecule has 0 bridgehead atoms. The molecule has 1 aromatic carbocycles. The number of rotatable bonds is 4. The molecule has 0 saturated carbocycles. The van der Waals surface area contributed by atoms with E-state index in [1.807, 2.05) is 13.0 Å². The maximum atomic E-state index is 11.1. The maximum absolute atomic E-state index is 11.1. The Hall–Kier alpha value is -2.63. The van der Waals surface area contributed by atoms with Gasteiger partial charge in [0.15, 0.2) is 0 Å². The summed E-state index contributed by atoms with van der Waals surface area (Å²) in [6.45, 7) is 2.32. The molecule has 1 aromatic heterocycles. The summed E-state index contributed by atoms with van der Waals surface area (Å²) in [5.74, 6) is 0.221. The molecule has 0 aliphatic rings. The van der Waals surface area contributed by atoms with Gasteiger partial charge in [-0.15, -0.1) is 0 Å². The van der Waals surface area contributed by atoms with Crippen molar-refractivity contribution in [1.29, 1.82) is 0 Å². The highest BCUT2D eigenvalue weighted by Gasteiger charge is 2.05. The summed E-state index contributed by atoms with van der Waals surface area (Å²) in [5, 5.41) is 3.13. The van der Waals surface area contributed by atoms with Crippen LogP contribution >= 0.6 is 0 Å². The number of aromatic nitrogens is 2. The van der Waals surface area contributed by atoms with E-state index >= 15 is 0 Å². The Labute approximate surface area is 110 Å². The Kier molecular flexibility index (Phi) is 3.61. The second kappa shape index (κ2) is 5.34. The standard InChI is InChI=1S/C13H15N5O/c1-8-16-5-4-10(18-8)7-17-12-6-9(13(15)19)2-3-11(12)14/h2-6,17H,7,14H2,1H3,(H2,15,19). The number of primary amides is 1. The van der Waals surface area contributed by atoms with Gasteiger partial charge in [0, 0.05) is 11.8 Å². The molecule has 1 amide bonds. The molecule has 0 radical (unpaired) electrons. The first-order chi connectivity index (χ1) is 9.06. The molecule has 0 atom stereocenters. The van der Waals surface area contributed by atoms with Gasteiger partial charge in [-0.25, -0.2) is 9.97 Å². The fourth-order valence-electron chi connectivity index (χ4n) is 1.65. The predicted octanol–water partition coefficient (Wildman–Crippen LogP) is 1.08. The molecule has 5 N–H and O–H groups in total. The van der Waals surface area contributed by atoms with E-state index in [0.29, 0.717) is 29.3 Å². The molecule has 0 spiro atoms. The third kappa shape index (κ3) is 3.19. The molecule has 0 aliphatic heterocycles. The van der Waals surface area contributed by atoms with Gasteiger partial charge in [0.25, 0.3) is 0 Å². The van der Waals surface area contributed by atoms with Crippen LogP contribution in [0.4, 0.5) is 11.4 Å². The molecule has 6 nitrogen and oxygen atoms in total. The zero-order valence-corrected chi connectivity index (χ0v) is 10.6. The fourth-order valence-corrected chi connectivity index (χ4v) is 1.65. The Morgan fingerprint density at radius 1 is 1.37 bits per heavy atom. The molecule has 1 heterocycles. The highest BCUT2D eigenvalue weighted by atomic mass is 16.1. The van der Waals surface area contributed by atoms with Crippen molar-refractivity contribution in [2.45, 2.75) is 13.5 Å². The second-order valence-electron chi connectivity index (χ2n) is 4.12. The van der Waals surface area contributed by atoms with Crippen molar-refractivity contribution in [2.75, 3.05) is 11.1 Å². The summed E-state index contributed by atoms with van der Waals surface area (Å²) in [6.07, 6.45) is 1.70. The van der Waals surface area contributed by atoms with E-state index in [1.54, 1.807) is 24.4 Å². The lowest BCUT2D eigenvalue weighted by Gasteiger charge is -2.10. The van der Waals surface area contributed by atoms with Crippen LogP contribution in [0.5, 0.6) is 0 Å². The molecule has 2 rings (SSSR count). The molecule has 0 aliphatic carbocycles. The number of nitrogens with one attached hydrogen (secondary N) is 1. The fraction of sp³-hybridized carbons (Fsp3) is 0.154. The highest BCUT2D eigenvalue weighted by Crippen LogP contribution is 2.20. The second-order valence-corrected chi connectivity index (χ2v) is 4.12. The maximum Gasteiger partial charge on any atom is 0.248 e. The Bertz CT molecular complexity index is 612. The van der Waals surface area contributed by atoms with Gasteiger partial charge in [0.05, 0.1) is 23.6 Å². The molecule has 0 saturated heterocycles. The predicted molar refractivity (Wildman–Crippen MR) is 73.5 cm³/mol. The number of hydrogen-bond donors (Lipinski definition) is 3. The van der Waals surface area contributed by atoms with Gasteiger partial charge >= 0.3 is 0 Å². The van der Waals surface area contributed by atoms with Crippen LogP contribution in [-0.4, -0.2) is 15.9 Å². The van der Waals surface area contributed by atoms with Crippen molar-refractivity contribution in [1.82, 2.24) is 9.97 Å². The van der Waals surface area contributed by atoms with Gasteiger partial charge in [0.1, 0.15) is 5.82 Å². The smallest absolute Gasteiger partial charge is 0.248 e. The number of aryl methyl sites for hydroxylation is 1. The van der Waals surface area contributed by atoms with E-state index in [-0.39, 0.29) is 0 Å². The van der Waals surface area contributed by atoms with Crippen LogP contribution in [-0.2, 0) is 6.54 Å². The third-order valence-corrected chi connectivity index (χ3v) is 2.63. The van der Waals surface area contributed by atoms with Gasteiger partial charge < -0.3 is 16.8 Å². The largest absolute Gasteiger partial charge is 0.397 e. The lowest BCUT2D eigenvalue weighted by Crippen LogP contribution is -2.12. The van der Waals surface area contributed by atoms with Crippen molar-refractivity contribution in [3.05, 3.63) is 47.5 Å². The minimum atomic E-state index is -0.485. The van der Waals surface area contributed by atoms with E-state index in [2.05, 4.69) is 15.3 Å². The SMILES string of the molecule is Cc1nccc(CNc2cc(C(N)=O)ccc2N)n1. The summed E-state index contributed by atoms with van der Waals surface area (Å²) in [7, 11) is 0. The number of nitrogens with zero attached hydrogens (tertiary/aromatic N) is 2. The van der Waals surface area contributed by atoms with E-state index in [9.17, 15) is 4.79 Å². The van der Waals surface area contributed by atoms with E-state index in [0.717, 1.165) is 5.69 Å². The van der Waals surface area contributed by atoms with Gasteiger partial charge in [-0.2, -0.15) is 0 Å². The van der Waals surface area contributed by atoms with Crippen LogP contribution in [0.3, 0.4) is 0 Å². The highest BCUT2D eigenvalue weighted by molar-refractivity contribution is 5.94. The monoisotopic (exact) mass is 257 g/mol. The molecule has 19 heavy (non-hydrogen) atoms. The van der Waals surface area contributed by atoms with E-state index < -0.39 is 5.91 Å². The molecule has 6 heteroatoms. The molecular weight excluding hydrogens is 242 g/mol. The summed E-state index contributed by atoms with van der Waals surface area (Å²) in [5.41, 5.74) is 13.5. The Morgan fingerprint density at radius 2 is 2.16 bits per heavy atom. The van der Waals surface area contributed by atoms with Gasteiger partial charge in [-0.3, -0.25) is 4.79 Å². The molecule has 0 unspecified atom stereocenters. The van der Waals surface area contributed by atoms with Crippen LogP contribution in [0, 0.1) is 6.92 Å². The van der Waals surface area contributed by atoms with Crippen LogP contribution in [0.15, 0.2) is 30.5 Å². The molecular formula is C13H15N5O. The van der Waals surface area contributed by atoms with Crippen LogP contribution in [0.2, 0.25) is 0 Å². The first-order valence-corrected chi connectivity index (χ1v) is 5.78. The Morgan fingerprint density at radius 3 is 2.84 bits per heavy atom. The van der Waals surface area contributed by atoms with Crippen molar-refractivity contribution in [3.63, 3.8) is 0 Å². The lowest BCUT2D eigenvalue weighted by atomic mass is 10.1. The van der Waals surface area contributed by atoms with Crippen molar-refractivity contribution >= 4 is 17.3 Å². The van der Waals surface area contributed by atoms with Crippen molar-refractivity contribution in [3.8, 4) is 0 Å². The third-order valence-electron chi connectivity index (χ3n) is 2.63. The first-order valence-electron chi connectivity index (χ1n) is 5.78. The number of amides is 1. The minimum absolute atomic E-state index is 0.413. The Balaban J connectivity index is 2.15. The van der Waals surface area contributed by atoms with Gasteiger partial charge in [-0.1, -0.05) is 0 Å². The van der Waals surface area contributed by atoms with E-state index in [4.69, 9.17) is 11.5 Å². The lowest BCUT2D eigenvalue weighted by molar-refractivity contribution is 0.100. The number of nitrogens with two attached hydrogens (primary N) is 2. The summed E-state index contributed by atoms with van der Waals surface area (Å²) in [6, 6.07) is 6.69. The van der Waals surface area contributed by atoms with Crippen LogP contribution < -0.4 is 16.8 Å². The number of hydrogen-bond acceptors (Lipinski definition) is 5. The van der Waals surface area contributed by atoms with Crippen molar-refractivity contribution in [2.24, 2.45) is 5.73 Å². The molecule has 0 fully saturated rings. The van der Waals surface area contributed by atoms with Gasteiger partial charge in [0.2, 0.25) is 5.91 Å². The minimum Gasteiger partial charge on any atom is -0.397 e. The van der Waals surface area contributed by atoms with Crippen LogP contribution in [0.25, 0.3) is 0 Å². The van der Waals surface area contributed by atoms with Crippen LogP contribution in [0.1, 0.15) is 21.9 Å². The van der Waals surface area contributed by atoms with Gasteiger partial charge in [-0.05, 0) is 31.2 Å².